The third-order valence-electron chi connectivity index (χ3n) is 3.10. The average molecular weight is 289 g/mol. The number of benzene rings is 2. The quantitative estimate of drug-likeness (QED) is 0.881. The Morgan fingerprint density at radius 2 is 1.70 bits per heavy atom. The first-order chi connectivity index (χ1) is 9.74. The molecule has 2 N–H and O–H groups in total. The van der Waals surface area contributed by atoms with Crippen LogP contribution in [0.15, 0.2) is 47.4 Å². The van der Waals surface area contributed by atoms with Crippen molar-refractivity contribution in [1.82, 2.24) is 0 Å². The largest absolute Gasteiger partial charge is 0.486 e. The highest BCUT2D eigenvalue weighted by Crippen LogP contribution is 2.35. The monoisotopic (exact) mass is 289 g/mol. The Labute approximate surface area is 120 Å². The summed E-state index contributed by atoms with van der Waals surface area (Å²) < 4.78 is 23.3. The molecule has 104 valence electrons. The lowest BCUT2D eigenvalue weighted by Gasteiger charge is -2.20. The predicted molar refractivity (Wildman–Crippen MR) is 78.4 cm³/mol. The zero-order valence-electron chi connectivity index (χ0n) is 10.9. The van der Waals surface area contributed by atoms with Gasteiger partial charge in [-0.1, -0.05) is 18.2 Å². The minimum Gasteiger partial charge on any atom is -0.486 e. The maximum atomic E-state index is 12.3. The minimum absolute atomic E-state index is 0.368. The van der Waals surface area contributed by atoms with E-state index < -0.39 is 10.8 Å². The Kier molecular flexibility index (Phi) is 3.60. The fourth-order valence-electron chi connectivity index (χ4n) is 2.07. The number of anilines is 1. The molecule has 0 amide bonds. The van der Waals surface area contributed by atoms with Crippen molar-refractivity contribution in [2.45, 2.75) is 10.6 Å². The molecule has 0 radical (unpaired) electrons. The van der Waals surface area contributed by atoms with Crippen molar-refractivity contribution in [3.63, 3.8) is 0 Å². The molecular weight excluding hydrogens is 274 g/mol. The van der Waals surface area contributed by atoms with Crippen LogP contribution in [-0.4, -0.2) is 17.4 Å². The van der Waals surface area contributed by atoms with Crippen LogP contribution in [-0.2, 0) is 16.6 Å². The van der Waals surface area contributed by atoms with Gasteiger partial charge in [0, 0.05) is 16.6 Å². The summed E-state index contributed by atoms with van der Waals surface area (Å²) in [6, 6.07) is 12.9. The Morgan fingerprint density at radius 1 is 1.05 bits per heavy atom. The van der Waals surface area contributed by atoms with Crippen LogP contribution in [0.1, 0.15) is 5.56 Å². The van der Waals surface area contributed by atoms with E-state index in [-0.39, 0.29) is 0 Å². The van der Waals surface area contributed by atoms with Gasteiger partial charge in [-0.3, -0.25) is 4.21 Å². The second kappa shape index (κ2) is 5.54. The SMILES string of the molecule is Nc1cc2c(cc1CS(=O)c1ccccc1)OCCO2. The Hall–Kier alpha value is -2.01. The summed E-state index contributed by atoms with van der Waals surface area (Å²) in [5, 5.41) is 0. The molecular formula is C15H15NO3S. The Bertz CT molecular complexity index is 643. The first kappa shape index (κ1) is 13.0. The van der Waals surface area contributed by atoms with Crippen molar-refractivity contribution in [2.24, 2.45) is 0 Å². The highest BCUT2D eigenvalue weighted by Gasteiger charge is 2.16. The number of nitrogens with two attached hydrogens (primary N) is 1. The lowest BCUT2D eigenvalue weighted by atomic mass is 10.2. The van der Waals surface area contributed by atoms with Crippen LogP contribution >= 0.6 is 0 Å². The fourth-order valence-corrected chi connectivity index (χ4v) is 3.23. The Balaban J connectivity index is 1.86. The lowest BCUT2D eigenvalue weighted by molar-refractivity contribution is 0.171. The van der Waals surface area contributed by atoms with Crippen LogP contribution in [0.4, 0.5) is 5.69 Å². The molecule has 20 heavy (non-hydrogen) atoms. The average Bonchev–Trinajstić information content (AvgIpc) is 2.49. The van der Waals surface area contributed by atoms with E-state index in [1.54, 1.807) is 6.07 Å². The molecule has 2 aromatic rings. The number of ether oxygens (including phenoxy) is 2. The second-order valence-corrected chi connectivity index (χ2v) is 5.95. The summed E-state index contributed by atoms with van der Waals surface area (Å²) in [4.78, 5) is 0.793. The minimum atomic E-state index is -1.12. The topological polar surface area (TPSA) is 61.6 Å². The van der Waals surface area contributed by atoms with E-state index >= 15 is 0 Å². The molecule has 0 bridgehead atoms. The van der Waals surface area contributed by atoms with E-state index in [2.05, 4.69) is 0 Å². The van der Waals surface area contributed by atoms with Crippen molar-refractivity contribution in [2.75, 3.05) is 18.9 Å². The highest BCUT2D eigenvalue weighted by atomic mass is 32.2. The van der Waals surface area contributed by atoms with Crippen molar-refractivity contribution < 1.29 is 13.7 Å². The molecule has 0 aliphatic carbocycles. The molecule has 0 saturated heterocycles. The molecule has 0 fully saturated rings. The van der Waals surface area contributed by atoms with Gasteiger partial charge in [-0.05, 0) is 23.8 Å². The van der Waals surface area contributed by atoms with Gasteiger partial charge >= 0.3 is 0 Å². The standard InChI is InChI=1S/C15H15NO3S/c16-13-9-15-14(18-6-7-19-15)8-11(13)10-20(17)12-4-2-1-3-5-12/h1-5,8-9H,6-7,10,16H2. The molecule has 1 atom stereocenters. The van der Waals surface area contributed by atoms with Gasteiger partial charge in [0.2, 0.25) is 0 Å². The van der Waals surface area contributed by atoms with Crippen molar-refractivity contribution in [3.8, 4) is 11.5 Å². The smallest absolute Gasteiger partial charge is 0.163 e. The van der Waals surface area contributed by atoms with E-state index in [1.165, 1.54) is 0 Å². The molecule has 5 heteroatoms. The number of hydrogen-bond donors (Lipinski definition) is 1. The van der Waals surface area contributed by atoms with Crippen LogP contribution in [0.5, 0.6) is 11.5 Å². The molecule has 0 spiro atoms. The summed E-state index contributed by atoms with van der Waals surface area (Å²) in [6.07, 6.45) is 0. The van der Waals surface area contributed by atoms with Gasteiger partial charge in [-0.25, -0.2) is 0 Å². The molecule has 4 nitrogen and oxygen atoms in total. The molecule has 0 saturated carbocycles. The van der Waals surface area contributed by atoms with Crippen LogP contribution in [0.2, 0.25) is 0 Å². The number of fused-ring (bicyclic) bond motifs is 1. The third kappa shape index (κ3) is 2.63. The first-order valence-electron chi connectivity index (χ1n) is 6.35. The maximum absolute atomic E-state index is 12.3. The van der Waals surface area contributed by atoms with E-state index in [0.717, 1.165) is 10.5 Å². The van der Waals surface area contributed by atoms with E-state index in [4.69, 9.17) is 15.2 Å². The molecule has 3 rings (SSSR count). The number of hydrogen-bond acceptors (Lipinski definition) is 4. The van der Waals surface area contributed by atoms with Crippen LogP contribution < -0.4 is 15.2 Å². The summed E-state index contributed by atoms with van der Waals surface area (Å²) in [5.74, 6) is 1.69. The highest BCUT2D eigenvalue weighted by molar-refractivity contribution is 7.84. The van der Waals surface area contributed by atoms with Crippen LogP contribution in [0.25, 0.3) is 0 Å². The second-order valence-electron chi connectivity index (χ2n) is 4.50. The zero-order chi connectivity index (χ0) is 13.9. The van der Waals surface area contributed by atoms with Gasteiger partial charge in [0.05, 0.1) is 16.6 Å². The molecule has 2 aromatic carbocycles. The van der Waals surface area contributed by atoms with Gasteiger partial charge in [0.15, 0.2) is 11.5 Å². The lowest BCUT2D eigenvalue weighted by Crippen LogP contribution is -2.16. The maximum Gasteiger partial charge on any atom is 0.163 e. The summed E-state index contributed by atoms with van der Waals surface area (Å²) in [5.41, 5.74) is 7.40. The molecule has 0 aromatic heterocycles. The van der Waals surface area contributed by atoms with Gasteiger partial charge in [-0.2, -0.15) is 0 Å². The summed E-state index contributed by atoms with van der Waals surface area (Å²) in [7, 11) is -1.12. The van der Waals surface area contributed by atoms with Gasteiger partial charge < -0.3 is 15.2 Å². The normalized spacial score (nSPS) is 14.8. The van der Waals surface area contributed by atoms with Crippen LogP contribution in [0, 0.1) is 0 Å². The van der Waals surface area contributed by atoms with Crippen molar-refractivity contribution >= 4 is 16.5 Å². The molecule has 1 heterocycles. The van der Waals surface area contributed by atoms with Crippen LogP contribution in [0.3, 0.4) is 0 Å². The van der Waals surface area contributed by atoms with Gasteiger partial charge in [0.25, 0.3) is 0 Å². The first-order valence-corrected chi connectivity index (χ1v) is 7.67. The van der Waals surface area contributed by atoms with Gasteiger partial charge in [-0.15, -0.1) is 0 Å². The van der Waals surface area contributed by atoms with E-state index in [1.807, 2.05) is 36.4 Å². The predicted octanol–water partition coefficient (Wildman–Crippen LogP) is 2.35. The number of nitrogen functional groups attached to an aromatic ring is 1. The fraction of sp³-hybridized carbons (Fsp3) is 0.200. The summed E-state index contributed by atoms with van der Waals surface area (Å²) >= 11 is 0. The molecule has 1 unspecified atom stereocenters. The summed E-state index contributed by atoms with van der Waals surface area (Å²) in [6.45, 7) is 1.06. The van der Waals surface area contributed by atoms with E-state index in [0.29, 0.717) is 36.2 Å². The molecule has 1 aliphatic rings. The van der Waals surface area contributed by atoms with E-state index in [9.17, 15) is 4.21 Å². The molecule has 1 aliphatic heterocycles. The van der Waals surface area contributed by atoms with Crippen molar-refractivity contribution in [3.05, 3.63) is 48.0 Å². The third-order valence-corrected chi connectivity index (χ3v) is 4.47. The zero-order valence-corrected chi connectivity index (χ0v) is 11.7. The van der Waals surface area contributed by atoms with Crippen molar-refractivity contribution in [1.29, 1.82) is 0 Å². The number of rotatable bonds is 3. The Morgan fingerprint density at radius 3 is 2.40 bits per heavy atom. The van der Waals surface area contributed by atoms with Gasteiger partial charge in [0.1, 0.15) is 13.2 Å².